The van der Waals surface area contributed by atoms with Gasteiger partial charge in [0.2, 0.25) is 5.91 Å². The highest BCUT2D eigenvalue weighted by molar-refractivity contribution is 5.94. The fourth-order valence-corrected chi connectivity index (χ4v) is 4.70. The molecule has 0 spiro atoms. The van der Waals surface area contributed by atoms with Crippen molar-refractivity contribution >= 4 is 11.8 Å². The molecule has 2 fully saturated rings. The highest BCUT2D eigenvalue weighted by Gasteiger charge is 2.27. The second-order valence-electron chi connectivity index (χ2n) is 8.91. The third kappa shape index (κ3) is 5.85. The first-order valence-electron chi connectivity index (χ1n) is 11.6. The monoisotopic (exact) mass is 436 g/mol. The lowest BCUT2D eigenvalue weighted by Crippen LogP contribution is -2.43. The number of piperidine rings is 1. The molecular formula is C25H32N4O3. The van der Waals surface area contributed by atoms with E-state index in [-0.39, 0.29) is 23.9 Å². The molecule has 3 heterocycles. The van der Waals surface area contributed by atoms with Crippen LogP contribution in [-0.4, -0.2) is 58.9 Å². The van der Waals surface area contributed by atoms with Crippen molar-refractivity contribution < 1.29 is 9.59 Å². The van der Waals surface area contributed by atoms with Crippen LogP contribution >= 0.6 is 0 Å². The topological polar surface area (TPSA) is 74.7 Å². The summed E-state index contributed by atoms with van der Waals surface area (Å²) in [6.45, 7) is 5.19. The van der Waals surface area contributed by atoms with Crippen LogP contribution in [0.4, 0.5) is 0 Å². The Bertz CT molecular complexity index is 982. The maximum absolute atomic E-state index is 13.1. The summed E-state index contributed by atoms with van der Waals surface area (Å²) >= 11 is 0. The van der Waals surface area contributed by atoms with E-state index in [2.05, 4.69) is 10.2 Å². The van der Waals surface area contributed by atoms with Crippen LogP contribution in [0.3, 0.4) is 0 Å². The van der Waals surface area contributed by atoms with Gasteiger partial charge in [-0.1, -0.05) is 30.3 Å². The third-order valence-electron chi connectivity index (χ3n) is 6.40. The second kappa shape index (κ2) is 10.6. The molecule has 1 N–H and O–H groups in total. The first-order valence-corrected chi connectivity index (χ1v) is 11.6. The minimum atomic E-state index is -0.290. The first kappa shape index (κ1) is 22.3. The predicted molar refractivity (Wildman–Crippen MR) is 123 cm³/mol. The van der Waals surface area contributed by atoms with Gasteiger partial charge in [-0.15, -0.1) is 0 Å². The van der Waals surface area contributed by atoms with Gasteiger partial charge in [-0.2, -0.15) is 0 Å². The number of amides is 2. The Morgan fingerprint density at radius 3 is 2.53 bits per heavy atom. The number of hydrogen-bond acceptors (Lipinski definition) is 4. The van der Waals surface area contributed by atoms with Gasteiger partial charge in [-0.25, -0.2) is 0 Å². The number of rotatable bonds is 7. The van der Waals surface area contributed by atoms with Gasteiger partial charge in [0.05, 0.1) is 5.56 Å². The molecule has 170 valence electrons. The van der Waals surface area contributed by atoms with Crippen molar-refractivity contribution in [2.75, 3.05) is 32.7 Å². The largest absolute Gasteiger partial charge is 0.350 e. The van der Waals surface area contributed by atoms with Gasteiger partial charge in [0.1, 0.15) is 6.54 Å². The average Bonchev–Trinajstić information content (AvgIpc) is 3.32. The van der Waals surface area contributed by atoms with Crippen LogP contribution in [0.1, 0.15) is 41.6 Å². The minimum absolute atomic E-state index is 0.0606. The van der Waals surface area contributed by atoms with E-state index < -0.39 is 0 Å². The van der Waals surface area contributed by atoms with Crippen molar-refractivity contribution in [1.29, 1.82) is 0 Å². The van der Waals surface area contributed by atoms with E-state index in [1.165, 1.54) is 42.8 Å². The zero-order valence-electron chi connectivity index (χ0n) is 18.5. The molecule has 2 aromatic rings. The average molecular weight is 437 g/mol. The number of nitrogens with zero attached hydrogens (tertiary/aromatic N) is 3. The third-order valence-corrected chi connectivity index (χ3v) is 6.40. The molecule has 1 aromatic carbocycles. The number of pyridine rings is 1. The normalized spacial score (nSPS) is 19.1. The predicted octanol–water partition coefficient (Wildman–Crippen LogP) is 2.11. The molecule has 2 amide bonds. The lowest BCUT2D eigenvalue weighted by atomic mass is 9.97. The molecule has 0 aliphatic carbocycles. The van der Waals surface area contributed by atoms with Crippen LogP contribution in [0.5, 0.6) is 0 Å². The van der Waals surface area contributed by atoms with E-state index in [4.69, 9.17) is 0 Å². The number of carbonyl (C=O) groups excluding carboxylic acids is 2. The molecule has 1 unspecified atom stereocenters. The fraction of sp³-hybridized carbons (Fsp3) is 0.480. The molecule has 0 saturated carbocycles. The summed E-state index contributed by atoms with van der Waals surface area (Å²) in [7, 11) is 0. The Labute approximate surface area is 189 Å². The molecule has 4 rings (SSSR count). The molecular weight excluding hydrogens is 404 g/mol. The summed E-state index contributed by atoms with van der Waals surface area (Å²) in [4.78, 5) is 42.2. The SMILES string of the molecule is O=C(Cn1cc(C(=O)N2CCCC(CN3CCCC3)C2)ccc1=O)NCc1ccccc1. The van der Waals surface area contributed by atoms with Crippen molar-refractivity contribution in [3.8, 4) is 0 Å². The van der Waals surface area contributed by atoms with Gasteiger partial charge < -0.3 is 19.7 Å². The molecule has 1 atom stereocenters. The fourth-order valence-electron chi connectivity index (χ4n) is 4.70. The van der Waals surface area contributed by atoms with Crippen molar-refractivity contribution in [3.63, 3.8) is 0 Å². The number of aromatic nitrogens is 1. The highest BCUT2D eigenvalue weighted by atomic mass is 16.2. The molecule has 0 radical (unpaired) electrons. The van der Waals surface area contributed by atoms with Gasteiger partial charge in [0, 0.05) is 38.4 Å². The van der Waals surface area contributed by atoms with Crippen molar-refractivity contribution in [2.45, 2.75) is 38.8 Å². The maximum atomic E-state index is 13.1. The standard InChI is InChI=1S/C25H32N4O3/c30-23(26-15-20-7-2-1-3-8-20)19-29-18-22(10-11-24(29)31)25(32)28-14-6-9-21(17-28)16-27-12-4-5-13-27/h1-3,7-8,10-11,18,21H,4-6,9,12-17,19H2,(H,26,30). The van der Waals surface area contributed by atoms with Gasteiger partial charge in [-0.3, -0.25) is 14.4 Å². The zero-order valence-corrected chi connectivity index (χ0v) is 18.5. The van der Waals surface area contributed by atoms with Gasteiger partial charge in [-0.05, 0) is 56.3 Å². The number of carbonyl (C=O) groups is 2. The molecule has 2 aliphatic rings. The Kier molecular flexibility index (Phi) is 7.37. The summed E-state index contributed by atoms with van der Waals surface area (Å²) in [6.07, 6.45) is 6.23. The van der Waals surface area contributed by atoms with Gasteiger partial charge in [0.15, 0.2) is 0 Å². The van der Waals surface area contributed by atoms with Gasteiger partial charge in [0.25, 0.3) is 11.5 Å². The van der Waals surface area contributed by atoms with E-state index in [0.29, 0.717) is 18.0 Å². The molecule has 32 heavy (non-hydrogen) atoms. The molecule has 2 aliphatic heterocycles. The Balaban J connectivity index is 1.36. The van der Waals surface area contributed by atoms with E-state index in [1.54, 1.807) is 6.07 Å². The van der Waals surface area contributed by atoms with Crippen LogP contribution in [0.15, 0.2) is 53.5 Å². The maximum Gasteiger partial charge on any atom is 0.255 e. The Hall–Kier alpha value is -2.93. The van der Waals surface area contributed by atoms with E-state index in [9.17, 15) is 14.4 Å². The lowest BCUT2D eigenvalue weighted by molar-refractivity contribution is -0.121. The summed E-state index contributed by atoms with van der Waals surface area (Å²) in [5.74, 6) is 0.180. The summed E-state index contributed by atoms with van der Waals surface area (Å²) in [5.41, 5.74) is 1.16. The Morgan fingerprint density at radius 2 is 1.75 bits per heavy atom. The van der Waals surface area contributed by atoms with Crippen LogP contribution in [0.25, 0.3) is 0 Å². The smallest absolute Gasteiger partial charge is 0.255 e. The second-order valence-corrected chi connectivity index (χ2v) is 8.91. The first-order chi connectivity index (χ1) is 15.6. The molecule has 2 saturated heterocycles. The minimum Gasteiger partial charge on any atom is -0.350 e. The summed E-state index contributed by atoms with van der Waals surface area (Å²) in [5, 5.41) is 2.83. The van der Waals surface area contributed by atoms with E-state index in [0.717, 1.165) is 38.0 Å². The molecule has 1 aromatic heterocycles. The van der Waals surface area contributed by atoms with Crippen LogP contribution < -0.4 is 10.9 Å². The summed E-state index contributed by atoms with van der Waals surface area (Å²) < 4.78 is 1.32. The van der Waals surface area contributed by atoms with E-state index >= 15 is 0 Å². The Morgan fingerprint density at radius 1 is 0.969 bits per heavy atom. The molecule has 7 nitrogen and oxygen atoms in total. The molecule has 0 bridgehead atoms. The van der Waals surface area contributed by atoms with Crippen LogP contribution in [-0.2, 0) is 17.9 Å². The van der Waals surface area contributed by atoms with E-state index in [1.807, 2.05) is 35.2 Å². The van der Waals surface area contributed by atoms with Crippen molar-refractivity contribution in [1.82, 2.24) is 19.7 Å². The lowest BCUT2D eigenvalue weighted by Gasteiger charge is -2.34. The number of likely N-dealkylation sites (tertiary alicyclic amines) is 2. The van der Waals surface area contributed by atoms with Crippen LogP contribution in [0.2, 0.25) is 0 Å². The quantitative estimate of drug-likeness (QED) is 0.722. The number of benzene rings is 1. The highest BCUT2D eigenvalue weighted by Crippen LogP contribution is 2.21. The summed E-state index contributed by atoms with van der Waals surface area (Å²) in [6, 6.07) is 12.6. The zero-order chi connectivity index (χ0) is 22.3. The van der Waals surface area contributed by atoms with Crippen molar-refractivity contribution in [3.05, 3.63) is 70.1 Å². The van der Waals surface area contributed by atoms with Crippen molar-refractivity contribution in [2.24, 2.45) is 5.92 Å². The van der Waals surface area contributed by atoms with Gasteiger partial charge >= 0.3 is 0 Å². The number of nitrogens with one attached hydrogen (secondary N) is 1. The number of hydrogen-bond donors (Lipinski definition) is 1. The van der Waals surface area contributed by atoms with Crippen LogP contribution in [0, 0.1) is 5.92 Å². The molecule has 7 heteroatoms.